The number of carboxylic acids is 1. The smallest absolute Gasteiger partial charge is 0.326 e. The number of carbonyl (C=O) groups is 2. The number of carbonyl (C=O) groups excluding carboxylic acids is 1. The highest BCUT2D eigenvalue weighted by molar-refractivity contribution is 8.26. The normalized spacial score (nSPS) is 17.8. The average molecular weight is 388 g/mol. The number of hydrogen-bond acceptors (Lipinski definition) is 5. The van der Waals surface area contributed by atoms with E-state index >= 15 is 0 Å². The summed E-state index contributed by atoms with van der Waals surface area (Å²) in [6, 6.07) is 6.11. The highest BCUT2D eigenvalue weighted by Crippen LogP contribution is 2.35. The number of rotatable bonds is 6. The van der Waals surface area contributed by atoms with E-state index < -0.39 is 12.0 Å². The number of halogens is 1. The lowest BCUT2D eigenvalue weighted by Gasteiger charge is -2.22. The first kappa shape index (κ1) is 18.3. The lowest BCUT2D eigenvalue weighted by molar-refractivity contribution is -0.145. The van der Waals surface area contributed by atoms with Gasteiger partial charge in [0.1, 0.15) is 10.4 Å². The molecule has 0 aliphatic carbocycles. The molecule has 1 aromatic carbocycles. The van der Waals surface area contributed by atoms with Crippen LogP contribution in [-0.2, 0) is 9.59 Å². The van der Waals surface area contributed by atoms with Crippen molar-refractivity contribution in [2.75, 3.05) is 12.0 Å². The maximum atomic E-state index is 12.5. The van der Waals surface area contributed by atoms with Crippen molar-refractivity contribution in [1.29, 1.82) is 0 Å². The van der Waals surface area contributed by atoms with Gasteiger partial charge in [-0.25, -0.2) is 4.79 Å². The van der Waals surface area contributed by atoms with Gasteiger partial charge in [0.2, 0.25) is 0 Å². The van der Waals surface area contributed by atoms with Crippen molar-refractivity contribution in [3.8, 4) is 0 Å². The Hall–Kier alpha value is -1.02. The second kappa shape index (κ2) is 8.19. The van der Waals surface area contributed by atoms with E-state index in [1.807, 2.05) is 6.26 Å². The molecule has 1 aliphatic heterocycles. The van der Waals surface area contributed by atoms with E-state index in [1.54, 1.807) is 30.3 Å². The molecule has 1 aliphatic rings. The first-order valence-corrected chi connectivity index (χ1v) is 9.68. The van der Waals surface area contributed by atoms with E-state index in [9.17, 15) is 14.7 Å². The molecule has 0 bridgehead atoms. The van der Waals surface area contributed by atoms with Gasteiger partial charge in [0.25, 0.3) is 5.91 Å². The fourth-order valence-corrected chi connectivity index (χ4v) is 3.99. The summed E-state index contributed by atoms with van der Waals surface area (Å²) in [5.41, 5.74) is 0.811. The summed E-state index contributed by atoms with van der Waals surface area (Å²) in [5, 5.41) is 10.0. The summed E-state index contributed by atoms with van der Waals surface area (Å²) in [7, 11) is 0. The predicted octanol–water partition coefficient (Wildman–Crippen LogP) is 3.75. The van der Waals surface area contributed by atoms with Crippen molar-refractivity contribution < 1.29 is 14.7 Å². The number of benzene rings is 1. The van der Waals surface area contributed by atoms with Crippen molar-refractivity contribution in [2.24, 2.45) is 0 Å². The van der Waals surface area contributed by atoms with E-state index in [0.717, 1.165) is 17.3 Å². The molecule has 1 fully saturated rings. The van der Waals surface area contributed by atoms with Crippen LogP contribution in [-0.4, -0.2) is 44.3 Å². The van der Waals surface area contributed by atoms with Gasteiger partial charge in [-0.05, 0) is 42.2 Å². The van der Waals surface area contributed by atoms with Crippen LogP contribution in [0.4, 0.5) is 0 Å². The minimum absolute atomic E-state index is 0.281. The Morgan fingerprint density at radius 3 is 2.70 bits per heavy atom. The molecule has 23 heavy (non-hydrogen) atoms. The van der Waals surface area contributed by atoms with Crippen LogP contribution in [0.25, 0.3) is 6.08 Å². The minimum Gasteiger partial charge on any atom is -0.480 e. The molecular weight excluding hydrogens is 374 g/mol. The van der Waals surface area contributed by atoms with Gasteiger partial charge in [0, 0.05) is 5.02 Å². The molecule has 2 rings (SSSR count). The Labute approximate surface area is 153 Å². The summed E-state index contributed by atoms with van der Waals surface area (Å²) in [6.45, 7) is 0. The molecule has 1 amide bonds. The summed E-state index contributed by atoms with van der Waals surface area (Å²) in [5.74, 6) is -0.754. The topological polar surface area (TPSA) is 57.6 Å². The van der Waals surface area contributed by atoms with Crippen molar-refractivity contribution in [1.82, 2.24) is 4.90 Å². The summed E-state index contributed by atoms with van der Waals surface area (Å²) < 4.78 is 0.281. The van der Waals surface area contributed by atoms with Crippen LogP contribution in [0.3, 0.4) is 0 Å². The average Bonchev–Trinajstić information content (AvgIpc) is 2.77. The molecule has 0 saturated carbocycles. The van der Waals surface area contributed by atoms with Crippen LogP contribution >= 0.6 is 47.3 Å². The van der Waals surface area contributed by atoms with E-state index in [-0.39, 0.29) is 10.2 Å². The van der Waals surface area contributed by atoms with Crippen molar-refractivity contribution in [3.05, 3.63) is 39.8 Å². The van der Waals surface area contributed by atoms with Crippen LogP contribution in [0.1, 0.15) is 12.0 Å². The minimum atomic E-state index is -1.04. The molecule has 4 nitrogen and oxygen atoms in total. The standard InChI is InChI=1S/C15H14ClNO3S3/c1-22-7-6-11(14(19)20)17-13(18)12(23-15(17)21)8-9-2-4-10(16)5-3-9/h2-5,8,11H,6-7H2,1H3,(H,19,20)/b12-8+/t11-/m0/s1. The van der Waals surface area contributed by atoms with Crippen LogP contribution < -0.4 is 0 Å². The zero-order chi connectivity index (χ0) is 17.0. The predicted molar refractivity (Wildman–Crippen MR) is 101 cm³/mol. The Kier molecular flexibility index (Phi) is 6.52. The molecule has 0 unspecified atom stereocenters. The van der Waals surface area contributed by atoms with Gasteiger partial charge >= 0.3 is 5.97 Å². The third-order valence-electron chi connectivity index (χ3n) is 3.18. The fourth-order valence-electron chi connectivity index (χ4n) is 2.05. The highest BCUT2D eigenvalue weighted by Gasteiger charge is 2.40. The third-order valence-corrected chi connectivity index (χ3v) is 5.41. The lowest BCUT2D eigenvalue weighted by Crippen LogP contribution is -2.44. The first-order chi connectivity index (χ1) is 10.9. The van der Waals surface area contributed by atoms with Gasteiger partial charge < -0.3 is 5.11 Å². The number of thiocarbonyl (C=S) groups is 1. The molecular formula is C15H14ClNO3S3. The van der Waals surface area contributed by atoms with E-state index in [1.165, 1.54) is 16.7 Å². The molecule has 122 valence electrons. The fraction of sp³-hybridized carbons (Fsp3) is 0.267. The second-order valence-electron chi connectivity index (χ2n) is 4.74. The van der Waals surface area contributed by atoms with E-state index in [4.69, 9.17) is 23.8 Å². The van der Waals surface area contributed by atoms with Gasteiger partial charge in [0.15, 0.2) is 0 Å². The van der Waals surface area contributed by atoms with Gasteiger partial charge in [-0.3, -0.25) is 9.69 Å². The molecule has 1 N–H and O–H groups in total. The van der Waals surface area contributed by atoms with Crippen LogP contribution in [0.5, 0.6) is 0 Å². The van der Waals surface area contributed by atoms with E-state index in [2.05, 4.69) is 0 Å². The van der Waals surface area contributed by atoms with Crippen molar-refractivity contribution in [3.63, 3.8) is 0 Å². The van der Waals surface area contributed by atoms with Gasteiger partial charge in [-0.2, -0.15) is 11.8 Å². The number of thioether (sulfide) groups is 2. The SMILES string of the molecule is CSCC[C@@H](C(=O)O)N1C(=O)/C(=C\c2ccc(Cl)cc2)SC1=S. The molecule has 1 heterocycles. The largest absolute Gasteiger partial charge is 0.480 e. The van der Waals surface area contributed by atoms with Crippen LogP contribution in [0.15, 0.2) is 29.2 Å². The Morgan fingerprint density at radius 2 is 2.13 bits per heavy atom. The molecule has 1 atom stereocenters. The Balaban J connectivity index is 2.24. The zero-order valence-electron chi connectivity index (χ0n) is 12.2. The summed E-state index contributed by atoms with van der Waals surface area (Å²) >= 11 is 13.7. The Bertz CT molecular complexity index is 660. The molecule has 1 saturated heterocycles. The van der Waals surface area contributed by atoms with Gasteiger partial charge in [-0.15, -0.1) is 0 Å². The maximum absolute atomic E-state index is 12.5. The number of carboxylic acid groups (broad SMARTS) is 1. The van der Waals surface area contributed by atoms with Crippen LogP contribution in [0.2, 0.25) is 5.02 Å². The second-order valence-corrected chi connectivity index (χ2v) is 7.84. The lowest BCUT2D eigenvalue weighted by atomic mass is 10.2. The zero-order valence-corrected chi connectivity index (χ0v) is 15.4. The quantitative estimate of drug-likeness (QED) is 0.592. The molecule has 0 spiro atoms. The first-order valence-electron chi connectivity index (χ1n) is 6.68. The molecule has 8 heteroatoms. The maximum Gasteiger partial charge on any atom is 0.326 e. The summed E-state index contributed by atoms with van der Waals surface area (Å²) in [6.07, 6.45) is 3.95. The van der Waals surface area contributed by atoms with Crippen molar-refractivity contribution in [2.45, 2.75) is 12.5 Å². The number of amides is 1. The molecule has 0 radical (unpaired) electrons. The third kappa shape index (κ3) is 4.50. The monoisotopic (exact) mass is 387 g/mol. The van der Waals surface area contributed by atoms with E-state index in [0.29, 0.717) is 22.1 Å². The van der Waals surface area contributed by atoms with Gasteiger partial charge in [-0.1, -0.05) is 47.7 Å². The number of aliphatic carboxylic acids is 1. The highest BCUT2D eigenvalue weighted by atomic mass is 35.5. The summed E-state index contributed by atoms with van der Waals surface area (Å²) in [4.78, 5) is 25.7. The van der Waals surface area contributed by atoms with Crippen LogP contribution in [0, 0.1) is 0 Å². The Morgan fingerprint density at radius 1 is 1.48 bits per heavy atom. The number of hydrogen-bond donors (Lipinski definition) is 1. The van der Waals surface area contributed by atoms with Crippen molar-refractivity contribution >= 4 is 69.6 Å². The molecule has 1 aromatic rings. The molecule has 0 aromatic heterocycles. The number of nitrogens with zero attached hydrogens (tertiary/aromatic N) is 1. The van der Waals surface area contributed by atoms with Gasteiger partial charge in [0.05, 0.1) is 4.91 Å².